The third-order valence-corrected chi connectivity index (χ3v) is 9.54. The van der Waals surface area contributed by atoms with E-state index in [0.29, 0.717) is 30.6 Å². The number of unbranched alkanes of at least 4 members (excludes halogenated alkanes) is 1. The van der Waals surface area contributed by atoms with Gasteiger partial charge in [0.05, 0.1) is 18.6 Å². The summed E-state index contributed by atoms with van der Waals surface area (Å²) >= 11 is 0. The maximum absolute atomic E-state index is 14.6. The van der Waals surface area contributed by atoms with E-state index in [4.69, 9.17) is 15.5 Å². The Hall–Kier alpha value is -2.76. The van der Waals surface area contributed by atoms with E-state index in [9.17, 15) is 9.18 Å². The summed E-state index contributed by atoms with van der Waals surface area (Å²) in [6, 6.07) is 0. The number of methoxy groups -OCH3 is 1. The van der Waals surface area contributed by atoms with Crippen LogP contribution in [0.5, 0.6) is 0 Å². The molecule has 1 amide bonds. The lowest BCUT2D eigenvalue weighted by atomic mass is 9.75. The molecule has 6 unspecified atom stereocenters. The molecule has 1 spiro atoms. The second-order valence-electron chi connectivity index (χ2n) is 12.5. The van der Waals surface area contributed by atoms with Gasteiger partial charge >= 0.3 is 0 Å². The lowest BCUT2D eigenvalue weighted by molar-refractivity contribution is -0.118. The van der Waals surface area contributed by atoms with Crippen LogP contribution in [-0.2, 0) is 9.53 Å². The van der Waals surface area contributed by atoms with Crippen molar-refractivity contribution < 1.29 is 13.9 Å². The number of allylic oxidation sites excluding steroid dienone is 9. The van der Waals surface area contributed by atoms with Gasteiger partial charge in [-0.15, -0.1) is 0 Å². The number of nitrogens with two attached hydrogens (primary N) is 1. The Bertz CT molecular complexity index is 1170. The van der Waals surface area contributed by atoms with Crippen molar-refractivity contribution in [2.45, 2.75) is 91.9 Å². The molecule has 0 aromatic rings. The van der Waals surface area contributed by atoms with E-state index in [0.717, 1.165) is 67.7 Å². The topological polar surface area (TPSA) is 77.0 Å². The summed E-state index contributed by atoms with van der Waals surface area (Å²) in [5.74, 6) is 2.39. The van der Waals surface area contributed by atoms with E-state index in [1.165, 1.54) is 12.0 Å². The van der Waals surface area contributed by atoms with Crippen LogP contribution in [0.4, 0.5) is 4.39 Å². The molecule has 4 aliphatic rings. The van der Waals surface area contributed by atoms with Crippen molar-refractivity contribution >= 4 is 17.8 Å². The van der Waals surface area contributed by atoms with Gasteiger partial charge in [-0.05, 0) is 79.4 Å². The first kappa shape index (κ1) is 30.2. The molecule has 218 valence electrons. The molecule has 1 aliphatic heterocycles. The summed E-state index contributed by atoms with van der Waals surface area (Å²) in [5.41, 5.74) is 9.45. The number of primary amides is 1. The summed E-state index contributed by atoms with van der Waals surface area (Å²) < 4.78 is 20.7. The standard InChI is InChI=1S/C34H48FN3O2/c1-6-10-25(11-7-8-13-32(36)39)17-30-23(3)34(30)20-28(27-15-22(2)16-29(35)18-27)19-31(40-5)33(34)38-24(4)26-12-9-14-37-21-26/h9,14,16,19-23,25,27,30H,6-8,10-13,15,17-18H2,1-5H3,(H2,36,39). The molecule has 40 heavy (non-hydrogen) atoms. The zero-order chi connectivity index (χ0) is 28.9. The highest BCUT2D eigenvalue weighted by atomic mass is 19.1. The number of hydrogen-bond donors (Lipinski definition) is 1. The summed E-state index contributed by atoms with van der Waals surface area (Å²) in [6.45, 7) is 8.77. The number of carbonyl (C=O) groups excluding carboxylic acids is 1. The van der Waals surface area contributed by atoms with E-state index in [1.807, 2.05) is 12.4 Å². The lowest BCUT2D eigenvalue weighted by Crippen LogP contribution is -2.28. The molecule has 0 saturated heterocycles. The molecule has 0 aromatic heterocycles. The number of hydrogen-bond acceptors (Lipinski definition) is 4. The normalized spacial score (nSPS) is 32.5. The predicted octanol–water partition coefficient (Wildman–Crippen LogP) is 8.16. The van der Waals surface area contributed by atoms with E-state index in [1.54, 1.807) is 13.2 Å². The average molecular weight is 550 g/mol. The number of rotatable bonds is 12. The molecule has 1 saturated carbocycles. The van der Waals surface area contributed by atoms with Gasteiger partial charge in [-0.2, -0.15) is 0 Å². The molecule has 1 fully saturated rings. The first-order valence-corrected chi connectivity index (χ1v) is 15.3. The minimum atomic E-state index is -0.223. The Kier molecular flexibility index (Phi) is 10.0. The first-order chi connectivity index (χ1) is 19.2. The van der Waals surface area contributed by atoms with Crippen molar-refractivity contribution in [3.63, 3.8) is 0 Å². The highest BCUT2D eigenvalue weighted by Gasteiger charge is 2.65. The van der Waals surface area contributed by atoms with Crippen LogP contribution in [0.25, 0.3) is 0 Å². The predicted molar refractivity (Wildman–Crippen MR) is 162 cm³/mol. The number of carbonyl (C=O) groups is 1. The van der Waals surface area contributed by atoms with Crippen molar-refractivity contribution in [3.05, 3.63) is 58.9 Å². The second kappa shape index (κ2) is 13.3. The van der Waals surface area contributed by atoms with Crippen LogP contribution < -0.4 is 5.73 Å². The number of ether oxygens (including phenoxy) is 1. The minimum absolute atomic E-state index is 0.00452. The molecule has 6 atom stereocenters. The van der Waals surface area contributed by atoms with Crippen LogP contribution in [-0.4, -0.2) is 24.9 Å². The van der Waals surface area contributed by atoms with Gasteiger partial charge in [-0.25, -0.2) is 4.39 Å². The maximum atomic E-state index is 14.6. The molecule has 2 N–H and O–H groups in total. The Morgan fingerprint density at radius 1 is 1.30 bits per heavy atom. The molecule has 6 heteroatoms. The van der Waals surface area contributed by atoms with E-state index in [2.05, 4.69) is 50.9 Å². The lowest BCUT2D eigenvalue weighted by Gasteiger charge is -2.31. The average Bonchev–Trinajstić information content (AvgIpc) is 3.47. The van der Waals surface area contributed by atoms with E-state index in [-0.39, 0.29) is 29.0 Å². The minimum Gasteiger partial charge on any atom is -0.495 e. The first-order valence-electron chi connectivity index (χ1n) is 15.3. The Morgan fingerprint density at radius 3 is 2.75 bits per heavy atom. The zero-order valence-corrected chi connectivity index (χ0v) is 25.1. The highest BCUT2D eigenvalue weighted by Crippen LogP contribution is 2.66. The quantitative estimate of drug-likeness (QED) is 0.249. The number of nitrogens with zero attached hydrogens (tertiary/aromatic N) is 2. The van der Waals surface area contributed by atoms with Gasteiger partial charge in [0.15, 0.2) is 0 Å². The fraction of sp³-hybridized carbons (Fsp3) is 0.618. The largest absolute Gasteiger partial charge is 0.495 e. The van der Waals surface area contributed by atoms with Gasteiger partial charge in [0.1, 0.15) is 5.76 Å². The number of amides is 1. The molecule has 3 aliphatic carbocycles. The van der Waals surface area contributed by atoms with Gasteiger partial charge in [0, 0.05) is 36.4 Å². The van der Waals surface area contributed by atoms with Gasteiger partial charge < -0.3 is 10.5 Å². The van der Waals surface area contributed by atoms with Gasteiger partial charge in [-0.1, -0.05) is 64.7 Å². The van der Waals surface area contributed by atoms with Crippen LogP contribution >= 0.6 is 0 Å². The third kappa shape index (κ3) is 6.75. The molecule has 0 radical (unpaired) electrons. The van der Waals surface area contributed by atoms with Gasteiger partial charge in [0.25, 0.3) is 0 Å². The second-order valence-corrected chi connectivity index (χ2v) is 12.5. The van der Waals surface area contributed by atoms with Crippen LogP contribution in [0, 0.1) is 35.0 Å². The summed E-state index contributed by atoms with van der Waals surface area (Å²) in [7, 11) is 1.73. The van der Waals surface area contributed by atoms with Gasteiger partial charge in [-0.3, -0.25) is 14.8 Å². The summed E-state index contributed by atoms with van der Waals surface area (Å²) in [5, 5.41) is 0. The van der Waals surface area contributed by atoms with Crippen LogP contribution in [0.15, 0.2) is 68.9 Å². The van der Waals surface area contributed by atoms with Crippen LogP contribution in [0.3, 0.4) is 0 Å². The zero-order valence-electron chi connectivity index (χ0n) is 25.1. The van der Waals surface area contributed by atoms with Gasteiger partial charge in [0.2, 0.25) is 5.91 Å². The molecule has 5 nitrogen and oxygen atoms in total. The molecular formula is C34H48FN3O2. The monoisotopic (exact) mass is 549 g/mol. The van der Waals surface area contributed by atoms with E-state index >= 15 is 0 Å². The maximum Gasteiger partial charge on any atom is 0.217 e. The van der Waals surface area contributed by atoms with Crippen molar-refractivity contribution in [1.29, 1.82) is 0 Å². The van der Waals surface area contributed by atoms with Crippen molar-refractivity contribution in [1.82, 2.24) is 0 Å². The van der Waals surface area contributed by atoms with Crippen molar-refractivity contribution in [2.75, 3.05) is 7.11 Å². The summed E-state index contributed by atoms with van der Waals surface area (Å²) in [4.78, 5) is 20.9. The Labute approximate surface area is 240 Å². The number of aliphatic imine (C=N–C) groups is 2. The van der Waals surface area contributed by atoms with Crippen LogP contribution in [0.1, 0.15) is 91.9 Å². The molecule has 1 heterocycles. The van der Waals surface area contributed by atoms with Crippen molar-refractivity contribution in [3.8, 4) is 0 Å². The fourth-order valence-electron chi connectivity index (χ4n) is 7.32. The SMILES string of the molecule is CCCC(CCCCC(N)=O)CC1C(C)C12C=C(C1CC(F)=CC(C)C1)C=C(OC)C2=NC(C)=C1C=NC=CC1. The molecule has 0 bridgehead atoms. The van der Waals surface area contributed by atoms with E-state index < -0.39 is 0 Å². The highest BCUT2D eigenvalue weighted by molar-refractivity contribution is 6.09. The molecule has 0 aromatic carbocycles. The Morgan fingerprint density at radius 2 is 2.10 bits per heavy atom. The number of halogens is 1. The Balaban J connectivity index is 1.68. The molecule has 4 rings (SSSR count). The smallest absolute Gasteiger partial charge is 0.217 e. The third-order valence-electron chi connectivity index (χ3n) is 9.54. The fourth-order valence-corrected chi connectivity index (χ4v) is 7.32. The van der Waals surface area contributed by atoms with Crippen molar-refractivity contribution in [2.24, 2.45) is 50.7 Å². The summed E-state index contributed by atoms with van der Waals surface area (Å²) in [6.07, 6.45) is 21.2. The molecular weight excluding hydrogens is 501 g/mol. The van der Waals surface area contributed by atoms with Crippen LogP contribution in [0.2, 0.25) is 0 Å².